The number of piperazine rings is 1. The molecule has 1 saturated heterocycles. The number of halogens is 2. The Morgan fingerprint density at radius 1 is 1.12 bits per heavy atom. The molecule has 1 amide bonds. The van der Waals surface area contributed by atoms with Crippen LogP contribution in [0.4, 0.5) is 0 Å². The van der Waals surface area contributed by atoms with Crippen LogP contribution in [-0.4, -0.2) is 59.3 Å². The van der Waals surface area contributed by atoms with Crippen LogP contribution in [0.15, 0.2) is 30.3 Å². The van der Waals surface area contributed by atoms with Crippen LogP contribution in [0.3, 0.4) is 0 Å². The van der Waals surface area contributed by atoms with E-state index in [2.05, 4.69) is 45.4 Å². The van der Waals surface area contributed by atoms with Gasteiger partial charge in [0.05, 0.1) is 5.41 Å². The van der Waals surface area contributed by atoms with Crippen LogP contribution in [0, 0.1) is 5.41 Å². The van der Waals surface area contributed by atoms with Gasteiger partial charge in [0.25, 0.3) is 0 Å². The van der Waals surface area contributed by atoms with Gasteiger partial charge in [-0.05, 0) is 31.9 Å². The number of amides is 1. The van der Waals surface area contributed by atoms with E-state index in [1.54, 1.807) is 0 Å². The van der Waals surface area contributed by atoms with Crippen LogP contribution in [0.1, 0.15) is 25.3 Å². The standard InChI is InChI=1S/C19H27Cl2N3O/c1-18(15-19(18,20)21)17(25)22-8-5-9-23-10-12-24(13-11-23)14-16-6-3-2-4-7-16/h2-4,6-7H,5,8-15H2,1H3,(H,22,25). The third kappa shape index (κ3) is 4.68. The molecule has 138 valence electrons. The fraction of sp³-hybridized carbons (Fsp3) is 0.632. The van der Waals surface area contributed by atoms with Gasteiger partial charge in [0.15, 0.2) is 0 Å². The third-order valence-electron chi connectivity index (χ3n) is 5.41. The van der Waals surface area contributed by atoms with Crippen molar-refractivity contribution in [2.45, 2.75) is 30.6 Å². The summed E-state index contributed by atoms with van der Waals surface area (Å²) in [6, 6.07) is 10.6. The van der Waals surface area contributed by atoms with Crippen LogP contribution in [0.5, 0.6) is 0 Å². The van der Waals surface area contributed by atoms with E-state index in [0.29, 0.717) is 13.0 Å². The minimum absolute atomic E-state index is 0.0230. The number of benzene rings is 1. The van der Waals surface area contributed by atoms with E-state index in [-0.39, 0.29) is 5.91 Å². The summed E-state index contributed by atoms with van der Waals surface area (Å²) in [4.78, 5) is 17.1. The zero-order valence-corrected chi connectivity index (χ0v) is 16.3. The Labute approximate surface area is 160 Å². The van der Waals surface area contributed by atoms with E-state index in [1.165, 1.54) is 5.56 Å². The Morgan fingerprint density at radius 2 is 1.72 bits per heavy atom. The third-order valence-corrected chi connectivity index (χ3v) is 6.51. The van der Waals surface area contributed by atoms with Gasteiger partial charge in [0, 0.05) is 39.3 Å². The first-order valence-corrected chi connectivity index (χ1v) is 9.81. The van der Waals surface area contributed by atoms with E-state index >= 15 is 0 Å². The monoisotopic (exact) mass is 383 g/mol. The molecule has 0 aromatic heterocycles. The first-order chi connectivity index (χ1) is 11.9. The van der Waals surface area contributed by atoms with Crippen molar-refractivity contribution in [1.82, 2.24) is 15.1 Å². The topological polar surface area (TPSA) is 35.6 Å². The van der Waals surface area contributed by atoms with Gasteiger partial charge >= 0.3 is 0 Å². The van der Waals surface area contributed by atoms with Crippen LogP contribution in [0.25, 0.3) is 0 Å². The molecule has 1 unspecified atom stereocenters. The molecule has 6 heteroatoms. The molecular formula is C19H27Cl2N3O. The van der Waals surface area contributed by atoms with Gasteiger partial charge in [0.1, 0.15) is 4.33 Å². The number of carbonyl (C=O) groups is 1. The highest BCUT2D eigenvalue weighted by Crippen LogP contribution is 2.63. The summed E-state index contributed by atoms with van der Waals surface area (Å²) in [5.74, 6) is -0.0230. The van der Waals surface area contributed by atoms with E-state index in [4.69, 9.17) is 23.2 Å². The average Bonchev–Trinajstić information content (AvgIpc) is 3.13. The molecule has 2 fully saturated rings. The molecule has 4 nitrogen and oxygen atoms in total. The van der Waals surface area contributed by atoms with Crippen molar-refractivity contribution in [3.8, 4) is 0 Å². The number of hydrogen-bond donors (Lipinski definition) is 1. The second kappa shape index (κ2) is 7.83. The molecule has 1 saturated carbocycles. The molecule has 0 bridgehead atoms. The van der Waals surface area contributed by atoms with E-state index in [9.17, 15) is 4.79 Å². The number of alkyl halides is 2. The lowest BCUT2D eigenvalue weighted by atomic mass is 10.1. The lowest BCUT2D eigenvalue weighted by molar-refractivity contribution is -0.125. The zero-order valence-electron chi connectivity index (χ0n) is 14.8. The predicted molar refractivity (Wildman–Crippen MR) is 103 cm³/mol. The molecule has 1 aromatic carbocycles. The van der Waals surface area contributed by atoms with Crippen LogP contribution >= 0.6 is 23.2 Å². The van der Waals surface area contributed by atoms with Gasteiger partial charge in [-0.15, -0.1) is 23.2 Å². The highest BCUT2D eigenvalue weighted by Gasteiger charge is 2.67. The number of hydrogen-bond acceptors (Lipinski definition) is 3. The Bertz CT molecular complexity index is 588. The Kier molecular flexibility index (Phi) is 5.94. The molecule has 3 rings (SSSR count). The molecule has 2 aliphatic rings. The van der Waals surface area contributed by atoms with Crippen molar-refractivity contribution in [3.05, 3.63) is 35.9 Å². The molecule has 1 heterocycles. The lowest BCUT2D eigenvalue weighted by Gasteiger charge is -2.34. The second-order valence-corrected chi connectivity index (χ2v) is 8.91. The molecule has 1 atom stereocenters. The summed E-state index contributed by atoms with van der Waals surface area (Å²) < 4.78 is -0.883. The summed E-state index contributed by atoms with van der Waals surface area (Å²) >= 11 is 12.1. The van der Waals surface area contributed by atoms with Crippen molar-refractivity contribution in [1.29, 1.82) is 0 Å². The first-order valence-electron chi connectivity index (χ1n) is 9.05. The van der Waals surface area contributed by atoms with Crippen LogP contribution < -0.4 is 5.32 Å². The number of nitrogens with zero attached hydrogens (tertiary/aromatic N) is 2. The van der Waals surface area contributed by atoms with Crippen molar-refractivity contribution >= 4 is 29.1 Å². The fourth-order valence-corrected chi connectivity index (χ4v) is 4.06. The largest absolute Gasteiger partial charge is 0.355 e. The highest BCUT2D eigenvalue weighted by atomic mass is 35.5. The van der Waals surface area contributed by atoms with Crippen molar-refractivity contribution in [3.63, 3.8) is 0 Å². The molecule has 1 aliphatic heterocycles. The average molecular weight is 384 g/mol. The minimum Gasteiger partial charge on any atom is -0.355 e. The van der Waals surface area contributed by atoms with Crippen LogP contribution in [0.2, 0.25) is 0 Å². The quantitative estimate of drug-likeness (QED) is 0.580. The summed E-state index contributed by atoms with van der Waals surface area (Å²) in [5, 5.41) is 2.98. The number of rotatable bonds is 7. The summed E-state index contributed by atoms with van der Waals surface area (Å²) in [5.41, 5.74) is 0.765. The highest BCUT2D eigenvalue weighted by molar-refractivity contribution is 6.53. The number of carbonyl (C=O) groups excluding carboxylic acids is 1. The SMILES string of the molecule is CC1(C(=O)NCCCN2CCN(Cc3ccccc3)CC2)CC1(Cl)Cl. The molecule has 1 N–H and O–H groups in total. The summed E-state index contributed by atoms with van der Waals surface area (Å²) in [7, 11) is 0. The Balaban J connectivity index is 1.29. The van der Waals surface area contributed by atoms with E-state index in [1.807, 2.05) is 6.92 Å². The lowest BCUT2D eigenvalue weighted by Crippen LogP contribution is -2.46. The molecule has 25 heavy (non-hydrogen) atoms. The normalized spacial score (nSPS) is 26.4. The van der Waals surface area contributed by atoms with Gasteiger partial charge in [-0.25, -0.2) is 0 Å². The van der Waals surface area contributed by atoms with Gasteiger partial charge in [-0.2, -0.15) is 0 Å². The maximum Gasteiger partial charge on any atom is 0.229 e. The van der Waals surface area contributed by atoms with Gasteiger partial charge in [-0.1, -0.05) is 30.3 Å². The maximum atomic E-state index is 12.1. The van der Waals surface area contributed by atoms with Gasteiger partial charge in [-0.3, -0.25) is 9.69 Å². The predicted octanol–water partition coefficient (Wildman–Crippen LogP) is 2.89. The fourth-order valence-electron chi connectivity index (χ4n) is 3.36. The van der Waals surface area contributed by atoms with Crippen molar-refractivity contribution < 1.29 is 4.79 Å². The van der Waals surface area contributed by atoms with E-state index < -0.39 is 9.75 Å². The molecule has 1 aromatic rings. The Morgan fingerprint density at radius 3 is 2.32 bits per heavy atom. The summed E-state index contributed by atoms with van der Waals surface area (Å²) in [6.45, 7) is 8.93. The summed E-state index contributed by atoms with van der Waals surface area (Å²) in [6.07, 6.45) is 1.50. The molecule has 0 radical (unpaired) electrons. The van der Waals surface area contributed by atoms with Crippen molar-refractivity contribution in [2.75, 3.05) is 39.3 Å². The van der Waals surface area contributed by atoms with Crippen molar-refractivity contribution in [2.24, 2.45) is 5.41 Å². The second-order valence-electron chi connectivity index (χ2n) is 7.43. The maximum absolute atomic E-state index is 12.1. The van der Waals surface area contributed by atoms with Crippen LogP contribution in [-0.2, 0) is 11.3 Å². The molecular weight excluding hydrogens is 357 g/mol. The first kappa shape index (κ1) is 19.0. The smallest absolute Gasteiger partial charge is 0.229 e. The van der Waals surface area contributed by atoms with Gasteiger partial charge < -0.3 is 10.2 Å². The molecule has 1 aliphatic carbocycles. The number of nitrogens with one attached hydrogen (secondary N) is 1. The molecule has 0 spiro atoms. The zero-order chi connectivity index (χ0) is 17.9. The minimum atomic E-state index is -0.883. The van der Waals surface area contributed by atoms with E-state index in [0.717, 1.165) is 45.7 Å². The Hall–Kier alpha value is -0.810. The van der Waals surface area contributed by atoms with Gasteiger partial charge in [0.2, 0.25) is 5.91 Å².